The van der Waals surface area contributed by atoms with Gasteiger partial charge in [0.05, 0.1) is 0 Å². The molecule has 2 N–H and O–H groups in total. The Morgan fingerprint density at radius 1 is 1.11 bits per heavy atom. The molecule has 0 fully saturated rings. The van der Waals surface area contributed by atoms with Crippen LogP contribution in [0.2, 0.25) is 0 Å². The fourth-order valence-corrected chi connectivity index (χ4v) is 3.36. The minimum Gasteiger partial charge on any atom is -0.480 e. The van der Waals surface area contributed by atoms with Crippen molar-refractivity contribution >= 4 is 5.97 Å². The second kappa shape index (κ2) is 8.09. The number of nitrogens with zero attached hydrogens (tertiary/aromatic N) is 4. The average Bonchev–Trinajstić information content (AvgIpc) is 3.16. The topological polar surface area (TPSA) is 95.0 Å². The molecule has 0 bridgehead atoms. The number of aromatic nitrogens is 4. The molecule has 1 aromatic heterocycles. The summed E-state index contributed by atoms with van der Waals surface area (Å²) in [6.07, 6.45) is 0. The summed E-state index contributed by atoms with van der Waals surface area (Å²) in [5.41, 5.74) is 4.02. The van der Waals surface area contributed by atoms with Gasteiger partial charge in [0, 0.05) is 12.1 Å². The van der Waals surface area contributed by atoms with E-state index in [-0.39, 0.29) is 5.92 Å². The smallest absolute Gasteiger partial charge is 0.321 e. The average molecular weight is 365 g/mol. The summed E-state index contributed by atoms with van der Waals surface area (Å²) in [7, 11) is 1.85. The monoisotopic (exact) mass is 365 g/mol. The Kier molecular flexibility index (Phi) is 5.61. The van der Waals surface area contributed by atoms with Crippen molar-refractivity contribution in [2.45, 2.75) is 26.4 Å². The fourth-order valence-electron chi connectivity index (χ4n) is 3.36. The molecule has 0 aliphatic carbocycles. The molecule has 2 aromatic carbocycles. The van der Waals surface area contributed by atoms with Crippen molar-refractivity contribution in [3.63, 3.8) is 0 Å². The zero-order valence-electron chi connectivity index (χ0n) is 15.6. The zero-order valence-corrected chi connectivity index (χ0v) is 15.6. The quantitative estimate of drug-likeness (QED) is 0.668. The second-order valence-electron chi connectivity index (χ2n) is 6.92. The lowest BCUT2D eigenvalue weighted by Crippen LogP contribution is -2.41. The number of carboxylic acids is 1. The van der Waals surface area contributed by atoms with Gasteiger partial charge in [0.1, 0.15) is 6.04 Å². The van der Waals surface area contributed by atoms with Crippen molar-refractivity contribution in [2.75, 3.05) is 7.05 Å². The molecule has 3 aromatic rings. The van der Waals surface area contributed by atoms with Crippen LogP contribution in [-0.4, -0.2) is 49.7 Å². The maximum atomic E-state index is 11.5. The van der Waals surface area contributed by atoms with Gasteiger partial charge in [-0.2, -0.15) is 5.21 Å². The predicted octanol–water partition coefficient (Wildman–Crippen LogP) is 3.07. The summed E-state index contributed by atoms with van der Waals surface area (Å²) in [6, 6.07) is 15.5. The number of hydrogen-bond donors (Lipinski definition) is 2. The first-order chi connectivity index (χ1) is 13.0. The van der Waals surface area contributed by atoms with Crippen LogP contribution in [0.3, 0.4) is 0 Å². The number of hydrogen-bond acceptors (Lipinski definition) is 5. The Labute approximate surface area is 158 Å². The fraction of sp³-hybridized carbons (Fsp3) is 0.300. The molecule has 7 heteroatoms. The minimum atomic E-state index is -0.793. The number of aliphatic carboxylic acids is 1. The van der Waals surface area contributed by atoms with E-state index in [1.807, 2.05) is 74.3 Å². The first-order valence-corrected chi connectivity index (χ1v) is 8.82. The van der Waals surface area contributed by atoms with E-state index in [2.05, 4.69) is 20.6 Å². The second-order valence-corrected chi connectivity index (χ2v) is 6.92. The number of benzene rings is 2. The molecular formula is C20H23N5O2. The summed E-state index contributed by atoms with van der Waals surface area (Å²) in [5, 5.41) is 23.7. The molecule has 0 saturated heterocycles. The van der Waals surface area contributed by atoms with Crippen LogP contribution in [0.5, 0.6) is 0 Å². The Hall–Kier alpha value is -3.06. The minimum absolute atomic E-state index is 0.0358. The molecule has 0 aliphatic heterocycles. The van der Waals surface area contributed by atoms with E-state index in [0.29, 0.717) is 12.4 Å². The molecule has 0 amide bonds. The van der Waals surface area contributed by atoms with E-state index in [9.17, 15) is 9.90 Å². The van der Waals surface area contributed by atoms with Gasteiger partial charge in [0.2, 0.25) is 5.82 Å². The SMILES string of the molecule is CC(C)[C@@H](C(=O)O)N(C)Cc1ccc(-c2ccccc2-c2nn[nH]n2)cc1. The van der Waals surface area contributed by atoms with Gasteiger partial charge < -0.3 is 5.11 Å². The van der Waals surface area contributed by atoms with Crippen molar-refractivity contribution in [1.29, 1.82) is 0 Å². The molecule has 3 rings (SSSR count). The summed E-state index contributed by atoms with van der Waals surface area (Å²) in [6.45, 7) is 4.42. The molecule has 0 aliphatic rings. The highest BCUT2D eigenvalue weighted by Crippen LogP contribution is 2.29. The van der Waals surface area contributed by atoms with E-state index in [1.165, 1.54) is 0 Å². The zero-order chi connectivity index (χ0) is 19.4. The first-order valence-electron chi connectivity index (χ1n) is 8.82. The molecule has 27 heavy (non-hydrogen) atoms. The van der Waals surface area contributed by atoms with Crippen molar-refractivity contribution in [2.24, 2.45) is 5.92 Å². The van der Waals surface area contributed by atoms with E-state index in [1.54, 1.807) is 0 Å². The van der Waals surface area contributed by atoms with Crippen LogP contribution in [0.4, 0.5) is 0 Å². The maximum absolute atomic E-state index is 11.5. The number of H-pyrrole nitrogens is 1. The molecule has 7 nitrogen and oxygen atoms in total. The van der Waals surface area contributed by atoms with Gasteiger partial charge in [0.25, 0.3) is 0 Å². The van der Waals surface area contributed by atoms with Gasteiger partial charge in [-0.15, -0.1) is 10.2 Å². The lowest BCUT2D eigenvalue weighted by Gasteiger charge is -2.27. The summed E-state index contributed by atoms with van der Waals surface area (Å²) in [4.78, 5) is 13.4. The molecule has 1 atom stereocenters. The van der Waals surface area contributed by atoms with E-state index >= 15 is 0 Å². The number of carboxylic acid groups (broad SMARTS) is 1. The molecule has 0 radical (unpaired) electrons. The van der Waals surface area contributed by atoms with E-state index in [4.69, 9.17) is 0 Å². The van der Waals surface area contributed by atoms with E-state index in [0.717, 1.165) is 22.3 Å². The molecular weight excluding hydrogens is 342 g/mol. The molecule has 0 spiro atoms. The standard InChI is InChI=1S/C20H23N5O2/c1-13(2)18(20(26)27)25(3)12-14-8-10-15(11-9-14)16-6-4-5-7-17(16)19-21-23-24-22-19/h4-11,13,18H,12H2,1-3H3,(H,26,27)(H,21,22,23,24)/t18-/m0/s1. The highest BCUT2D eigenvalue weighted by atomic mass is 16.4. The van der Waals surface area contributed by atoms with Crippen LogP contribution in [0, 0.1) is 5.92 Å². The molecule has 140 valence electrons. The summed E-state index contributed by atoms with van der Waals surface area (Å²) in [5.74, 6) is -0.206. The van der Waals surface area contributed by atoms with Gasteiger partial charge in [-0.05, 0) is 34.9 Å². The summed E-state index contributed by atoms with van der Waals surface area (Å²) < 4.78 is 0. The van der Waals surface area contributed by atoms with Crippen LogP contribution < -0.4 is 0 Å². The Morgan fingerprint density at radius 2 is 1.78 bits per heavy atom. The number of tetrazole rings is 1. The highest BCUT2D eigenvalue weighted by Gasteiger charge is 2.25. The molecule has 1 heterocycles. The predicted molar refractivity (Wildman–Crippen MR) is 103 cm³/mol. The van der Waals surface area contributed by atoms with Gasteiger partial charge in [-0.1, -0.05) is 62.4 Å². The van der Waals surface area contributed by atoms with Crippen LogP contribution in [0.15, 0.2) is 48.5 Å². The van der Waals surface area contributed by atoms with E-state index < -0.39 is 12.0 Å². The lowest BCUT2D eigenvalue weighted by molar-refractivity contribution is -0.144. The third-order valence-corrected chi connectivity index (χ3v) is 4.57. The lowest BCUT2D eigenvalue weighted by atomic mass is 9.98. The van der Waals surface area contributed by atoms with Crippen LogP contribution in [0.25, 0.3) is 22.5 Å². The third kappa shape index (κ3) is 4.20. The number of nitrogens with one attached hydrogen (secondary N) is 1. The number of carbonyl (C=O) groups is 1. The van der Waals surface area contributed by atoms with Gasteiger partial charge in [-0.3, -0.25) is 9.69 Å². The largest absolute Gasteiger partial charge is 0.480 e. The van der Waals surface area contributed by atoms with Gasteiger partial charge in [0.15, 0.2) is 0 Å². The van der Waals surface area contributed by atoms with Crippen molar-refractivity contribution in [3.05, 3.63) is 54.1 Å². The highest BCUT2D eigenvalue weighted by molar-refractivity contribution is 5.80. The Morgan fingerprint density at radius 3 is 2.33 bits per heavy atom. The summed E-state index contributed by atoms with van der Waals surface area (Å²) >= 11 is 0. The normalized spacial score (nSPS) is 12.5. The van der Waals surface area contributed by atoms with Gasteiger partial charge >= 0.3 is 5.97 Å². The molecule has 0 saturated carbocycles. The van der Waals surface area contributed by atoms with Gasteiger partial charge in [-0.25, -0.2) is 0 Å². The van der Waals surface area contributed by atoms with Crippen LogP contribution >= 0.6 is 0 Å². The van der Waals surface area contributed by atoms with Crippen LogP contribution in [-0.2, 0) is 11.3 Å². The molecule has 0 unspecified atom stereocenters. The van der Waals surface area contributed by atoms with Crippen molar-refractivity contribution < 1.29 is 9.90 Å². The Balaban J connectivity index is 1.82. The van der Waals surface area contributed by atoms with Crippen molar-refractivity contribution in [3.8, 4) is 22.5 Å². The maximum Gasteiger partial charge on any atom is 0.321 e. The number of likely N-dealkylation sites (N-methyl/N-ethyl adjacent to an activating group) is 1. The third-order valence-electron chi connectivity index (χ3n) is 4.57. The van der Waals surface area contributed by atoms with Crippen molar-refractivity contribution in [1.82, 2.24) is 25.5 Å². The van der Waals surface area contributed by atoms with Crippen LogP contribution in [0.1, 0.15) is 19.4 Å². The first kappa shape index (κ1) is 18.7. The number of rotatable bonds is 7. The Bertz CT molecular complexity index is 891. The number of aromatic amines is 1.